The topological polar surface area (TPSA) is 112 Å². The minimum Gasteiger partial charge on any atom is -0.491 e. The Hall–Kier alpha value is -2.58. The van der Waals surface area contributed by atoms with E-state index in [2.05, 4.69) is 11.3 Å². The summed E-state index contributed by atoms with van der Waals surface area (Å²) in [5.74, 6) is -0.187. The van der Waals surface area contributed by atoms with E-state index in [1.807, 2.05) is 0 Å². The van der Waals surface area contributed by atoms with Crippen molar-refractivity contribution in [1.29, 1.82) is 0 Å². The van der Waals surface area contributed by atoms with E-state index in [4.69, 9.17) is 14.2 Å². The number of rotatable bonds is 11. The maximum atomic E-state index is 11.2. The van der Waals surface area contributed by atoms with Gasteiger partial charge >= 0.3 is 11.9 Å². The van der Waals surface area contributed by atoms with Crippen molar-refractivity contribution in [3.05, 3.63) is 36.4 Å². The van der Waals surface area contributed by atoms with Crippen molar-refractivity contribution >= 4 is 11.9 Å². The van der Waals surface area contributed by atoms with Crippen LogP contribution in [0, 0.1) is 0 Å². The average Bonchev–Trinajstić information content (AvgIpc) is 2.61. The highest BCUT2D eigenvalue weighted by atomic mass is 16.6. The zero-order valence-corrected chi connectivity index (χ0v) is 14.8. The molecule has 0 spiro atoms. The Morgan fingerprint density at radius 2 is 1.46 bits per heavy atom. The molecule has 8 heteroatoms. The SMILES string of the molecule is C=C(C)C(=O)OCC(O)COc1cccc(OCC(O)COC(C)=O)c1. The minimum absolute atomic E-state index is 0.0593. The van der Waals surface area contributed by atoms with Gasteiger partial charge in [0.05, 0.1) is 0 Å². The molecule has 8 nitrogen and oxygen atoms in total. The summed E-state index contributed by atoms with van der Waals surface area (Å²) in [4.78, 5) is 21.9. The molecule has 26 heavy (non-hydrogen) atoms. The van der Waals surface area contributed by atoms with Crippen LogP contribution in [0.2, 0.25) is 0 Å². The first-order valence-electron chi connectivity index (χ1n) is 7.95. The van der Waals surface area contributed by atoms with Gasteiger partial charge in [-0.2, -0.15) is 0 Å². The lowest BCUT2D eigenvalue weighted by Gasteiger charge is -2.15. The van der Waals surface area contributed by atoms with Gasteiger partial charge in [0.1, 0.15) is 50.1 Å². The van der Waals surface area contributed by atoms with Crippen LogP contribution in [0.5, 0.6) is 11.5 Å². The highest BCUT2D eigenvalue weighted by Crippen LogP contribution is 2.19. The van der Waals surface area contributed by atoms with Crippen molar-refractivity contribution in [1.82, 2.24) is 0 Å². The third kappa shape index (κ3) is 9.05. The van der Waals surface area contributed by atoms with Gasteiger partial charge in [-0.3, -0.25) is 4.79 Å². The Bertz CT molecular complexity index is 613. The summed E-state index contributed by atoms with van der Waals surface area (Å²) < 4.78 is 20.3. The van der Waals surface area contributed by atoms with Crippen molar-refractivity contribution in [2.75, 3.05) is 26.4 Å². The van der Waals surface area contributed by atoms with Gasteiger partial charge in [0.2, 0.25) is 0 Å². The standard InChI is InChI=1S/C18H24O8/c1-12(2)18(22)26-11-15(21)10-25-17-6-4-5-16(7-17)24-9-14(20)8-23-13(3)19/h4-7,14-15,20-21H,1,8-11H2,2-3H3. The molecule has 0 aliphatic heterocycles. The van der Waals surface area contributed by atoms with Crippen LogP contribution >= 0.6 is 0 Å². The number of benzene rings is 1. The highest BCUT2D eigenvalue weighted by molar-refractivity contribution is 5.86. The molecule has 0 aliphatic rings. The van der Waals surface area contributed by atoms with Crippen molar-refractivity contribution in [2.45, 2.75) is 26.1 Å². The Labute approximate surface area is 151 Å². The molecule has 0 heterocycles. The molecule has 0 amide bonds. The molecule has 0 saturated carbocycles. The van der Waals surface area contributed by atoms with Gasteiger partial charge in [-0.25, -0.2) is 4.79 Å². The van der Waals surface area contributed by atoms with Gasteiger partial charge in [-0.15, -0.1) is 0 Å². The van der Waals surface area contributed by atoms with E-state index < -0.39 is 24.1 Å². The van der Waals surface area contributed by atoms with Crippen LogP contribution in [0.15, 0.2) is 36.4 Å². The summed E-state index contributed by atoms with van der Waals surface area (Å²) in [5, 5.41) is 19.4. The third-order valence-electron chi connectivity index (χ3n) is 2.92. The zero-order chi connectivity index (χ0) is 19.5. The first-order valence-corrected chi connectivity index (χ1v) is 7.95. The fraction of sp³-hybridized carbons (Fsp3) is 0.444. The molecule has 1 rings (SSSR count). The van der Waals surface area contributed by atoms with Crippen molar-refractivity contribution in [3.63, 3.8) is 0 Å². The lowest BCUT2D eigenvalue weighted by Crippen LogP contribution is -2.25. The fourth-order valence-electron chi connectivity index (χ4n) is 1.64. The molecule has 2 unspecified atom stereocenters. The Morgan fingerprint density at radius 3 is 1.92 bits per heavy atom. The summed E-state index contributed by atoms with van der Waals surface area (Å²) in [6.07, 6.45) is -1.94. The van der Waals surface area contributed by atoms with Crippen LogP contribution in [0.3, 0.4) is 0 Å². The van der Waals surface area contributed by atoms with E-state index in [0.29, 0.717) is 11.5 Å². The third-order valence-corrected chi connectivity index (χ3v) is 2.92. The van der Waals surface area contributed by atoms with Crippen LogP contribution in [0.4, 0.5) is 0 Å². The summed E-state index contributed by atoms with van der Waals surface area (Å²) in [7, 11) is 0. The number of carbonyl (C=O) groups excluding carboxylic acids is 2. The first kappa shape index (κ1) is 21.5. The molecule has 1 aromatic carbocycles. The van der Waals surface area contributed by atoms with E-state index >= 15 is 0 Å². The molecule has 0 aliphatic carbocycles. The largest absolute Gasteiger partial charge is 0.491 e. The molecule has 1 aromatic rings. The smallest absolute Gasteiger partial charge is 0.333 e. The second kappa shape index (κ2) is 11.1. The van der Waals surface area contributed by atoms with Gasteiger partial charge in [0.15, 0.2) is 0 Å². The molecule has 0 fully saturated rings. The number of aliphatic hydroxyl groups excluding tert-OH is 2. The number of aliphatic hydroxyl groups is 2. The van der Waals surface area contributed by atoms with E-state index in [1.54, 1.807) is 24.3 Å². The predicted molar refractivity (Wildman–Crippen MR) is 91.9 cm³/mol. The number of ether oxygens (including phenoxy) is 4. The molecule has 0 aromatic heterocycles. The van der Waals surface area contributed by atoms with Crippen molar-refractivity contribution in [3.8, 4) is 11.5 Å². The summed E-state index contributed by atoms with van der Waals surface area (Å²) in [5.41, 5.74) is 0.249. The second-order valence-corrected chi connectivity index (χ2v) is 5.59. The van der Waals surface area contributed by atoms with Crippen LogP contribution in [-0.2, 0) is 19.1 Å². The number of carbonyl (C=O) groups is 2. The van der Waals surface area contributed by atoms with Crippen LogP contribution in [0.1, 0.15) is 13.8 Å². The molecular formula is C18H24O8. The molecule has 0 saturated heterocycles. The van der Waals surface area contributed by atoms with Crippen LogP contribution in [0.25, 0.3) is 0 Å². The lowest BCUT2D eigenvalue weighted by atomic mass is 10.3. The van der Waals surface area contributed by atoms with E-state index in [9.17, 15) is 19.8 Å². The highest BCUT2D eigenvalue weighted by Gasteiger charge is 2.11. The van der Waals surface area contributed by atoms with Crippen molar-refractivity contribution in [2.24, 2.45) is 0 Å². The van der Waals surface area contributed by atoms with Crippen LogP contribution < -0.4 is 9.47 Å². The zero-order valence-electron chi connectivity index (χ0n) is 14.8. The van der Waals surface area contributed by atoms with E-state index in [1.165, 1.54) is 13.8 Å². The first-order chi connectivity index (χ1) is 12.3. The van der Waals surface area contributed by atoms with Crippen molar-refractivity contribution < 1.29 is 38.7 Å². The fourth-order valence-corrected chi connectivity index (χ4v) is 1.64. The molecule has 144 valence electrons. The summed E-state index contributed by atoms with van der Waals surface area (Å²) >= 11 is 0. The van der Waals surface area contributed by atoms with Gasteiger partial charge in [-0.1, -0.05) is 12.6 Å². The molecule has 2 atom stereocenters. The maximum absolute atomic E-state index is 11.2. The Kier molecular flexibility index (Phi) is 9.18. The van der Waals surface area contributed by atoms with E-state index in [-0.39, 0.29) is 32.0 Å². The predicted octanol–water partition coefficient (Wildman–Crippen LogP) is 0.848. The average molecular weight is 368 g/mol. The molecule has 0 radical (unpaired) electrons. The van der Waals surface area contributed by atoms with Crippen LogP contribution in [-0.4, -0.2) is 60.8 Å². The molecular weight excluding hydrogens is 344 g/mol. The normalized spacial score (nSPS) is 12.6. The molecule has 2 N–H and O–H groups in total. The second-order valence-electron chi connectivity index (χ2n) is 5.59. The summed E-state index contributed by atoms with van der Waals surface area (Å²) in [6, 6.07) is 6.58. The summed E-state index contributed by atoms with van der Waals surface area (Å²) in [6.45, 7) is 5.71. The van der Waals surface area contributed by atoms with Gasteiger partial charge < -0.3 is 29.2 Å². The Morgan fingerprint density at radius 1 is 0.962 bits per heavy atom. The quantitative estimate of drug-likeness (QED) is 0.437. The number of hydrogen-bond acceptors (Lipinski definition) is 8. The van der Waals surface area contributed by atoms with Gasteiger partial charge in [0.25, 0.3) is 0 Å². The minimum atomic E-state index is -0.992. The number of hydrogen-bond donors (Lipinski definition) is 2. The van der Waals surface area contributed by atoms with E-state index in [0.717, 1.165) is 0 Å². The number of esters is 2. The van der Waals surface area contributed by atoms with Gasteiger partial charge in [-0.05, 0) is 19.1 Å². The van der Waals surface area contributed by atoms with Gasteiger partial charge in [0, 0.05) is 18.6 Å². The molecule has 0 bridgehead atoms. The maximum Gasteiger partial charge on any atom is 0.333 e. The Balaban J connectivity index is 2.38. The lowest BCUT2D eigenvalue weighted by molar-refractivity contribution is -0.144. The monoisotopic (exact) mass is 368 g/mol.